The van der Waals surface area contributed by atoms with Gasteiger partial charge in [0.15, 0.2) is 16.8 Å². The third-order valence-electron chi connectivity index (χ3n) is 5.41. The fourth-order valence-electron chi connectivity index (χ4n) is 3.72. The van der Waals surface area contributed by atoms with Crippen molar-refractivity contribution in [2.24, 2.45) is 0 Å². The molecular formula is C23H19FN6O2. The van der Waals surface area contributed by atoms with Crippen LogP contribution >= 0.6 is 0 Å². The number of aromatic nitrogens is 6. The van der Waals surface area contributed by atoms with E-state index in [9.17, 15) is 9.18 Å². The van der Waals surface area contributed by atoms with E-state index in [1.807, 2.05) is 31.2 Å². The number of nitrogens with zero attached hydrogens (tertiary/aromatic N) is 6. The van der Waals surface area contributed by atoms with E-state index >= 15 is 0 Å². The number of hydrogen-bond donors (Lipinski definition) is 0. The van der Waals surface area contributed by atoms with Crippen LogP contribution in [0, 0.1) is 12.7 Å². The molecule has 160 valence electrons. The Hall–Kier alpha value is -4.14. The Bertz CT molecular complexity index is 1490. The minimum Gasteiger partial charge on any atom is -0.497 e. The Labute approximate surface area is 181 Å². The van der Waals surface area contributed by atoms with Crippen LogP contribution in [0.15, 0.2) is 59.7 Å². The number of rotatable bonds is 5. The van der Waals surface area contributed by atoms with Gasteiger partial charge in [-0.25, -0.2) is 9.37 Å². The van der Waals surface area contributed by atoms with Crippen molar-refractivity contribution >= 4 is 16.8 Å². The van der Waals surface area contributed by atoms with E-state index < -0.39 is 0 Å². The largest absolute Gasteiger partial charge is 0.497 e. The number of methoxy groups -OCH3 is 1. The lowest BCUT2D eigenvalue weighted by atomic mass is 10.1. The summed E-state index contributed by atoms with van der Waals surface area (Å²) in [5.41, 5.74) is 3.90. The molecule has 0 N–H and O–H groups in total. The molecule has 0 amide bonds. The van der Waals surface area contributed by atoms with Crippen LogP contribution in [0.2, 0.25) is 0 Å². The third kappa shape index (κ3) is 3.37. The summed E-state index contributed by atoms with van der Waals surface area (Å²) in [6.07, 6.45) is 2.16. The van der Waals surface area contributed by atoms with Crippen molar-refractivity contribution in [3.05, 3.63) is 82.3 Å². The Morgan fingerprint density at radius 2 is 1.75 bits per heavy atom. The molecule has 0 unspecified atom stereocenters. The molecule has 0 radical (unpaired) electrons. The molecular weight excluding hydrogens is 411 g/mol. The van der Waals surface area contributed by atoms with Crippen molar-refractivity contribution in [2.75, 3.05) is 7.11 Å². The summed E-state index contributed by atoms with van der Waals surface area (Å²) in [7, 11) is 1.62. The molecule has 0 aliphatic carbocycles. The zero-order chi connectivity index (χ0) is 22.2. The number of aryl methyl sites for hydroxylation is 3. The highest BCUT2D eigenvalue weighted by atomic mass is 19.1. The van der Waals surface area contributed by atoms with Gasteiger partial charge in [-0.05, 0) is 48.7 Å². The number of fused-ring (bicyclic) bond motifs is 3. The third-order valence-corrected chi connectivity index (χ3v) is 5.41. The van der Waals surface area contributed by atoms with Gasteiger partial charge < -0.3 is 4.74 Å². The molecule has 0 bridgehead atoms. The van der Waals surface area contributed by atoms with Crippen molar-refractivity contribution in [1.29, 1.82) is 0 Å². The van der Waals surface area contributed by atoms with Gasteiger partial charge in [-0.2, -0.15) is 9.61 Å². The van der Waals surface area contributed by atoms with Crippen molar-refractivity contribution in [3.63, 3.8) is 0 Å². The minimum absolute atomic E-state index is 0.142. The van der Waals surface area contributed by atoms with Gasteiger partial charge in [0, 0.05) is 6.54 Å². The Balaban J connectivity index is 1.52. The van der Waals surface area contributed by atoms with Crippen LogP contribution < -0.4 is 10.3 Å². The Morgan fingerprint density at radius 1 is 1.00 bits per heavy atom. The zero-order valence-corrected chi connectivity index (χ0v) is 17.5. The molecule has 32 heavy (non-hydrogen) atoms. The summed E-state index contributed by atoms with van der Waals surface area (Å²) in [6.45, 7) is 2.28. The Kier molecular flexibility index (Phi) is 4.85. The predicted molar refractivity (Wildman–Crippen MR) is 117 cm³/mol. The molecule has 8 nitrogen and oxygen atoms in total. The first-order chi connectivity index (χ1) is 15.5. The molecule has 9 heteroatoms. The fourth-order valence-corrected chi connectivity index (χ4v) is 3.72. The molecule has 5 aromatic rings. The average Bonchev–Trinajstić information content (AvgIpc) is 3.15. The number of benzene rings is 2. The van der Waals surface area contributed by atoms with Gasteiger partial charge in [0.2, 0.25) is 0 Å². The molecule has 0 spiro atoms. The number of ether oxygens (including phenoxy) is 1. The lowest BCUT2D eigenvalue weighted by Crippen LogP contribution is -2.23. The van der Waals surface area contributed by atoms with Gasteiger partial charge >= 0.3 is 0 Å². The van der Waals surface area contributed by atoms with Gasteiger partial charge in [0.05, 0.1) is 18.4 Å². The summed E-state index contributed by atoms with van der Waals surface area (Å²) >= 11 is 0. The van der Waals surface area contributed by atoms with Gasteiger partial charge in [0.1, 0.15) is 17.9 Å². The highest BCUT2D eigenvalue weighted by molar-refractivity contribution is 5.83. The van der Waals surface area contributed by atoms with Crippen LogP contribution in [-0.4, -0.2) is 36.5 Å². The van der Waals surface area contributed by atoms with Crippen molar-refractivity contribution in [3.8, 4) is 16.9 Å². The lowest BCUT2D eigenvalue weighted by Gasteiger charge is -2.07. The number of halogens is 1. The molecule has 0 fully saturated rings. The van der Waals surface area contributed by atoms with Crippen LogP contribution in [0.3, 0.4) is 0 Å². The van der Waals surface area contributed by atoms with E-state index in [1.165, 1.54) is 27.5 Å². The van der Waals surface area contributed by atoms with Crippen LogP contribution in [0.5, 0.6) is 5.75 Å². The fraction of sp³-hybridized carbons (Fsp3) is 0.174. The summed E-state index contributed by atoms with van der Waals surface area (Å²) in [6, 6.07) is 13.8. The maximum Gasteiger partial charge on any atom is 0.283 e. The molecule has 2 aromatic carbocycles. The molecule has 0 saturated heterocycles. The predicted octanol–water partition coefficient (Wildman–Crippen LogP) is 3.20. The van der Waals surface area contributed by atoms with E-state index in [-0.39, 0.29) is 16.9 Å². The summed E-state index contributed by atoms with van der Waals surface area (Å²) < 4.78 is 21.5. The van der Waals surface area contributed by atoms with Crippen molar-refractivity contribution < 1.29 is 9.13 Å². The topological polar surface area (TPSA) is 87.2 Å². The molecule has 0 saturated carbocycles. The second-order valence-electron chi connectivity index (χ2n) is 7.42. The normalized spacial score (nSPS) is 11.3. The van der Waals surface area contributed by atoms with Crippen LogP contribution in [-0.2, 0) is 13.0 Å². The SMILES string of the molecule is COc1ccc(CCn2cnc3c(nnc4c(-c5ccc(F)cc5)c(C)nn43)c2=O)cc1. The summed E-state index contributed by atoms with van der Waals surface area (Å²) in [4.78, 5) is 17.5. The maximum absolute atomic E-state index is 13.3. The highest BCUT2D eigenvalue weighted by Crippen LogP contribution is 2.27. The molecule has 5 rings (SSSR count). The monoisotopic (exact) mass is 430 g/mol. The smallest absolute Gasteiger partial charge is 0.283 e. The first-order valence-corrected chi connectivity index (χ1v) is 10.0. The second-order valence-corrected chi connectivity index (χ2v) is 7.42. The molecule has 0 atom stereocenters. The van der Waals surface area contributed by atoms with Crippen LogP contribution in [0.4, 0.5) is 4.39 Å². The van der Waals surface area contributed by atoms with Gasteiger partial charge in [-0.15, -0.1) is 10.2 Å². The first kappa shape index (κ1) is 19.8. The average molecular weight is 430 g/mol. The van der Waals surface area contributed by atoms with Gasteiger partial charge in [-0.3, -0.25) is 9.36 Å². The van der Waals surface area contributed by atoms with Crippen LogP contribution in [0.1, 0.15) is 11.3 Å². The first-order valence-electron chi connectivity index (χ1n) is 10.0. The molecule has 3 heterocycles. The van der Waals surface area contributed by atoms with E-state index in [1.54, 1.807) is 19.2 Å². The highest BCUT2D eigenvalue weighted by Gasteiger charge is 2.18. The molecule has 0 aliphatic rings. The van der Waals surface area contributed by atoms with Crippen molar-refractivity contribution in [2.45, 2.75) is 19.9 Å². The van der Waals surface area contributed by atoms with E-state index in [0.29, 0.717) is 30.0 Å². The molecule has 3 aromatic heterocycles. The maximum atomic E-state index is 13.3. The number of hydrogen-bond acceptors (Lipinski definition) is 6. The lowest BCUT2D eigenvalue weighted by molar-refractivity contribution is 0.414. The summed E-state index contributed by atoms with van der Waals surface area (Å²) in [5.74, 6) is 0.461. The second kappa shape index (κ2) is 7.84. The minimum atomic E-state index is -0.323. The standard InChI is InChI=1S/C23H19FN6O2/c1-14-19(16-5-7-17(24)8-6-16)21-27-26-20-22(30(21)28-14)25-13-29(23(20)31)12-11-15-3-9-18(32-2)10-4-15/h3-10,13H,11-12H2,1-2H3. The van der Waals surface area contributed by atoms with Gasteiger partial charge in [-0.1, -0.05) is 24.3 Å². The van der Waals surface area contributed by atoms with E-state index in [2.05, 4.69) is 20.3 Å². The molecule has 0 aliphatic heterocycles. The zero-order valence-electron chi connectivity index (χ0n) is 17.5. The van der Waals surface area contributed by atoms with Gasteiger partial charge in [0.25, 0.3) is 5.56 Å². The summed E-state index contributed by atoms with van der Waals surface area (Å²) in [5, 5.41) is 12.9. The van der Waals surface area contributed by atoms with E-state index in [0.717, 1.165) is 22.4 Å². The van der Waals surface area contributed by atoms with Crippen LogP contribution in [0.25, 0.3) is 27.9 Å². The van der Waals surface area contributed by atoms with Crippen molar-refractivity contribution in [1.82, 2.24) is 29.4 Å². The quantitative estimate of drug-likeness (QED) is 0.426. The van der Waals surface area contributed by atoms with E-state index in [4.69, 9.17) is 4.74 Å². The Morgan fingerprint density at radius 3 is 2.47 bits per heavy atom.